The molecule has 0 radical (unpaired) electrons. The zero-order chi connectivity index (χ0) is 15.7. The Balaban J connectivity index is 1.78. The van der Waals surface area contributed by atoms with Crippen LogP contribution in [0.1, 0.15) is 22.4 Å². The molecule has 0 spiro atoms. The summed E-state index contributed by atoms with van der Waals surface area (Å²) in [6, 6.07) is 10.0. The highest BCUT2D eigenvalue weighted by molar-refractivity contribution is 5.92. The summed E-state index contributed by atoms with van der Waals surface area (Å²) in [5.74, 6) is -0.0465. The molecule has 2 heterocycles. The van der Waals surface area contributed by atoms with Crippen LogP contribution in [0.5, 0.6) is 0 Å². The number of carbonyl (C=O) groups is 1. The molecule has 22 heavy (non-hydrogen) atoms. The van der Waals surface area contributed by atoms with Crippen LogP contribution in [0.3, 0.4) is 0 Å². The van der Waals surface area contributed by atoms with E-state index in [9.17, 15) is 4.79 Å². The number of rotatable bonds is 3. The summed E-state index contributed by atoms with van der Waals surface area (Å²) in [7, 11) is 0. The van der Waals surface area contributed by atoms with E-state index < -0.39 is 0 Å². The van der Waals surface area contributed by atoms with Crippen LogP contribution in [0.4, 0.5) is 5.69 Å². The molecule has 0 saturated heterocycles. The Bertz CT molecular complexity index is 849. The van der Waals surface area contributed by atoms with Gasteiger partial charge in [0.25, 0.3) is 0 Å². The average Bonchev–Trinajstić information content (AvgIpc) is 2.86. The number of hydrogen-bond donors (Lipinski definition) is 1. The number of nitrogens with one attached hydrogen (secondary N) is 1. The van der Waals surface area contributed by atoms with E-state index in [0.29, 0.717) is 0 Å². The first-order valence-electron chi connectivity index (χ1n) is 7.33. The third-order valence-corrected chi connectivity index (χ3v) is 3.74. The number of anilines is 1. The zero-order valence-corrected chi connectivity index (χ0v) is 13.1. The SMILES string of the molecule is Cc1ccc(C)c(NC(=O)Cc2cn3cccc(C)c3n2)c1. The Morgan fingerprint density at radius 1 is 1.18 bits per heavy atom. The van der Waals surface area contributed by atoms with Gasteiger partial charge in [-0.25, -0.2) is 4.98 Å². The standard InChI is InChI=1S/C18H19N3O/c1-12-6-7-13(2)16(9-12)20-17(22)10-15-11-21-8-4-5-14(3)18(21)19-15/h4-9,11H,10H2,1-3H3,(H,20,22). The van der Waals surface area contributed by atoms with Gasteiger partial charge in [0.1, 0.15) is 5.65 Å². The second-order valence-electron chi connectivity index (χ2n) is 5.70. The number of nitrogens with zero attached hydrogens (tertiary/aromatic N) is 2. The first-order valence-corrected chi connectivity index (χ1v) is 7.33. The predicted octanol–water partition coefficient (Wildman–Crippen LogP) is 3.44. The Morgan fingerprint density at radius 3 is 2.77 bits per heavy atom. The van der Waals surface area contributed by atoms with Crippen LogP contribution in [0.15, 0.2) is 42.7 Å². The van der Waals surface area contributed by atoms with Gasteiger partial charge < -0.3 is 9.72 Å². The molecule has 0 aliphatic carbocycles. The molecular formula is C18H19N3O. The molecular weight excluding hydrogens is 274 g/mol. The van der Waals surface area contributed by atoms with E-state index in [4.69, 9.17) is 0 Å². The number of hydrogen-bond acceptors (Lipinski definition) is 2. The van der Waals surface area contributed by atoms with Crippen molar-refractivity contribution >= 4 is 17.2 Å². The Morgan fingerprint density at radius 2 is 2.00 bits per heavy atom. The lowest BCUT2D eigenvalue weighted by molar-refractivity contribution is -0.115. The lowest BCUT2D eigenvalue weighted by atomic mass is 10.1. The Labute approximate surface area is 129 Å². The molecule has 0 atom stereocenters. The van der Waals surface area contributed by atoms with Gasteiger partial charge in [0.15, 0.2) is 0 Å². The largest absolute Gasteiger partial charge is 0.325 e. The van der Waals surface area contributed by atoms with Crippen molar-refractivity contribution in [3.8, 4) is 0 Å². The maximum atomic E-state index is 12.2. The van der Waals surface area contributed by atoms with Gasteiger partial charge in [-0.1, -0.05) is 18.2 Å². The van der Waals surface area contributed by atoms with Gasteiger partial charge >= 0.3 is 0 Å². The molecule has 112 valence electrons. The van der Waals surface area contributed by atoms with Gasteiger partial charge in [-0.2, -0.15) is 0 Å². The van der Waals surface area contributed by atoms with Crippen LogP contribution < -0.4 is 5.32 Å². The van der Waals surface area contributed by atoms with Crippen LogP contribution in [-0.2, 0) is 11.2 Å². The molecule has 0 unspecified atom stereocenters. The van der Waals surface area contributed by atoms with Crippen molar-refractivity contribution in [2.24, 2.45) is 0 Å². The molecule has 1 amide bonds. The molecule has 4 nitrogen and oxygen atoms in total. The number of imidazole rings is 1. The van der Waals surface area contributed by atoms with Gasteiger partial charge in [0.05, 0.1) is 12.1 Å². The average molecular weight is 293 g/mol. The summed E-state index contributed by atoms with van der Waals surface area (Å²) >= 11 is 0. The Hall–Kier alpha value is -2.62. The molecule has 4 heteroatoms. The fourth-order valence-corrected chi connectivity index (χ4v) is 2.52. The van der Waals surface area contributed by atoms with Crippen LogP contribution >= 0.6 is 0 Å². The smallest absolute Gasteiger partial charge is 0.230 e. The number of aryl methyl sites for hydroxylation is 3. The third kappa shape index (κ3) is 2.86. The normalized spacial score (nSPS) is 10.9. The molecule has 2 aromatic heterocycles. The van der Waals surface area contributed by atoms with Crippen molar-refractivity contribution in [2.45, 2.75) is 27.2 Å². The second kappa shape index (κ2) is 5.64. The monoisotopic (exact) mass is 293 g/mol. The van der Waals surface area contributed by atoms with Crippen LogP contribution in [0, 0.1) is 20.8 Å². The maximum Gasteiger partial charge on any atom is 0.230 e. The first kappa shape index (κ1) is 14.3. The number of fused-ring (bicyclic) bond motifs is 1. The summed E-state index contributed by atoms with van der Waals surface area (Å²) in [6.45, 7) is 6.02. The highest BCUT2D eigenvalue weighted by atomic mass is 16.1. The number of benzene rings is 1. The number of amides is 1. The highest BCUT2D eigenvalue weighted by Gasteiger charge is 2.10. The van der Waals surface area contributed by atoms with Gasteiger partial charge in [-0.3, -0.25) is 4.79 Å². The number of pyridine rings is 1. The molecule has 0 fully saturated rings. The minimum atomic E-state index is -0.0465. The lowest BCUT2D eigenvalue weighted by Crippen LogP contribution is -2.15. The van der Waals surface area contributed by atoms with E-state index in [1.165, 1.54) is 0 Å². The predicted molar refractivity (Wildman–Crippen MR) is 88.2 cm³/mol. The first-order chi connectivity index (χ1) is 10.5. The van der Waals surface area contributed by atoms with Crippen molar-refractivity contribution in [2.75, 3.05) is 5.32 Å². The van der Waals surface area contributed by atoms with Crippen LogP contribution in [0.2, 0.25) is 0 Å². The van der Waals surface area contributed by atoms with Gasteiger partial charge in [-0.05, 0) is 49.6 Å². The van der Waals surface area contributed by atoms with E-state index in [-0.39, 0.29) is 12.3 Å². The maximum absolute atomic E-state index is 12.2. The van der Waals surface area contributed by atoms with Crippen LogP contribution in [0.25, 0.3) is 5.65 Å². The van der Waals surface area contributed by atoms with Crippen molar-refractivity contribution in [1.29, 1.82) is 0 Å². The van der Waals surface area contributed by atoms with Crippen molar-refractivity contribution < 1.29 is 4.79 Å². The summed E-state index contributed by atoms with van der Waals surface area (Å²) in [6.07, 6.45) is 4.13. The summed E-state index contributed by atoms with van der Waals surface area (Å²) in [5.41, 5.74) is 5.83. The lowest BCUT2D eigenvalue weighted by Gasteiger charge is -2.08. The van der Waals surface area contributed by atoms with Crippen molar-refractivity contribution in [1.82, 2.24) is 9.38 Å². The quantitative estimate of drug-likeness (QED) is 0.804. The Kier molecular flexibility index (Phi) is 3.67. The minimum absolute atomic E-state index is 0.0465. The van der Waals surface area contributed by atoms with E-state index in [0.717, 1.165) is 33.7 Å². The topological polar surface area (TPSA) is 46.4 Å². The fourth-order valence-electron chi connectivity index (χ4n) is 2.52. The fraction of sp³-hybridized carbons (Fsp3) is 0.222. The molecule has 0 aliphatic heterocycles. The molecule has 3 rings (SSSR count). The van der Waals surface area contributed by atoms with Gasteiger partial charge in [0.2, 0.25) is 5.91 Å². The van der Waals surface area contributed by atoms with Gasteiger partial charge in [0, 0.05) is 18.1 Å². The van der Waals surface area contributed by atoms with E-state index in [2.05, 4.69) is 10.3 Å². The van der Waals surface area contributed by atoms with Crippen molar-refractivity contribution in [3.63, 3.8) is 0 Å². The number of aromatic nitrogens is 2. The van der Waals surface area contributed by atoms with Crippen molar-refractivity contribution in [3.05, 3.63) is 65.1 Å². The number of carbonyl (C=O) groups excluding carboxylic acids is 1. The molecule has 0 saturated carbocycles. The summed E-state index contributed by atoms with van der Waals surface area (Å²) < 4.78 is 1.95. The summed E-state index contributed by atoms with van der Waals surface area (Å²) in [4.78, 5) is 16.8. The molecule has 0 aliphatic rings. The molecule has 0 bridgehead atoms. The van der Waals surface area contributed by atoms with E-state index in [1.54, 1.807) is 0 Å². The highest BCUT2D eigenvalue weighted by Crippen LogP contribution is 2.17. The van der Waals surface area contributed by atoms with E-state index >= 15 is 0 Å². The summed E-state index contributed by atoms with van der Waals surface area (Å²) in [5, 5.41) is 2.97. The molecule has 1 N–H and O–H groups in total. The van der Waals surface area contributed by atoms with Gasteiger partial charge in [-0.15, -0.1) is 0 Å². The minimum Gasteiger partial charge on any atom is -0.325 e. The third-order valence-electron chi connectivity index (χ3n) is 3.74. The zero-order valence-electron chi connectivity index (χ0n) is 13.1. The van der Waals surface area contributed by atoms with Crippen LogP contribution in [-0.4, -0.2) is 15.3 Å². The second-order valence-corrected chi connectivity index (χ2v) is 5.70. The molecule has 1 aromatic carbocycles. The molecule has 3 aromatic rings. The van der Waals surface area contributed by atoms with E-state index in [1.807, 2.05) is 67.9 Å².